The first-order chi connectivity index (χ1) is 9.49. The van der Waals surface area contributed by atoms with Gasteiger partial charge in [0.05, 0.1) is 38.6 Å². The maximum atomic E-state index is 11.1. The third-order valence-corrected chi connectivity index (χ3v) is 2.17. The quantitative estimate of drug-likeness (QED) is 0.271. The highest BCUT2D eigenvalue weighted by Gasteiger charge is 2.06. The van der Waals surface area contributed by atoms with Crippen molar-refractivity contribution >= 4 is 11.9 Å². The molecule has 0 saturated heterocycles. The molecule has 0 aromatic rings. The second-order valence-corrected chi connectivity index (χ2v) is 3.92. The number of rotatable bonds is 10. The summed E-state index contributed by atoms with van der Waals surface area (Å²) in [6, 6.07) is 0. The first kappa shape index (κ1) is 18.5. The first-order valence-corrected chi connectivity index (χ1v) is 6.09. The number of esters is 2. The van der Waals surface area contributed by atoms with Crippen molar-refractivity contribution < 1.29 is 39.5 Å². The summed E-state index contributed by atoms with van der Waals surface area (Å²) >= 11 is 0. The molecule has 0 spiro atoms. The van der Waals surface area contributed by atoms with Crippen LogP contribution in [-0.4, -0.2) is 71.0 Å². The molecule has 8 heteroatoms. The number of hydrogen-bond acceptors (Lipinski definition) is 8. The van der Waals surface area contributed by atoms with E-state index in [9.17, 15) is 9.59 Å². The molecule has 2 atom stereocenters. The molecule has 4 N–H and O–H groups in total. The standard InChI is InChI=1S/C12H20O8/c13-7-9(15)3-5-19-11(17)1-2-12(18)20-6-4-10(16)8-14/h1-2,9-10,13-16H,3-8H2/b2-1+/t9-,10-/m1/s1. The fraction of sp³-hybridized carbons (Fsp3) is 0.667. The van der Waals surface area contributed by atoms with Crippen molar-refractivity contribution in [1.29, 1.82) is 0 Å². The highest BCUT2D eigenvalue weighted by atomic mass is 16.5. The zero-order valence-electron chi connectivity index (χ0n) is 11.0. The van der Waals surface area contributed by atoms with Crippen molar-refractivity contribution in [2.45, 2.75) is 25.0 Å². The van der Waals surface area contributed by atoms with Gasteiger partial charge < -0.3 is 29.9 Å². The van der Waals surface area contributed by atoms with E-state index in [1.165, 1.54) is 0 Å². The lowest BCUT2D eigenvalue weighted by Crippen LogP contribution is -2.16. The van der Waals surface area contributed by atoms with E-state index in [0.29, 0.717) is 0 Å². The monoisotopic (exact) mass is 292 g/mol. The molecule has 0 radical (unpaired) electrons. The summed E-state index contributed by atoms with van der Waals surface area (Å²) in [6.45, 7) is -0.996. The van der Waals surface area contributed by atoms with Gasteiger partial charge in [-0.2, -0.15) is 0 Å². The molecule has 0 aliphatic carbocycles. The molecule has 0 aromatic heterocycles. The molecule has 0 aliphatic rings. The Morgan fingerprint density at radius 1 is 0.850 bits per heavy atom. The zero-order chi connectivity index (χ0) is 15.4. The molecule has 0 aromatic carbocycles. The van der Waals surface area contributed by atoms with Gasteiger partial charge in [-0.1, -0.05) is 0 Å². The van der Waals surface area contributed by atoms with Gasteiger partial charge in [0.15, 0.2) is 0 Å². The normalized spacial score (nSPS) is 14.0. The molecule has 0 amide bonds. The summed E-state index contributed by atoms with van der Waals surface area (Å²) in [7, 11) is 0. The fourth-order valence-electron chi connectivity index (χ4n) is 1.01. The number of aliphatic hydroxyl groups excluding tert-OH is 4. The average Bonchev–Trinajstić information content (AvgIpc) is 2.44. The number of ether oxygens (including phenoxy) is 2. The molecule has 0 fully saturated rings. The third kappa shape index (κ3) is 10.4. The van der Waals surface area contributed by atoms with Gasteiger partial charge in [-0.15, -0.1) is 0 Å². The maximum Gasteiger partial charge on any atom is 0.331 e. The van der Waals surface area contributed by atoms with Crippen LogP contribution in [0.2, 0.25) is 0 Å². The molecule has 116 valence electrons. The summed E-state index contributed by atoms with van der Waals surface area (Å²) in [5.41, 5.74) is 0. The molecular weight excluding hydrogens is 272 g/mol. The summed E-state index contributed by atoms with van der Waals surface area (Å²) < 4.78 is 9.29. The SMILES string of the molecule is O=C(/C=C/C(=O)OCC[C@@H](O)CO)OCC[C@@H](O)CO. The van der Waals surface area contributed by atoms with Crippen LogP contribution in [0.3, 0.4) is 0 Å². The average molecular weight is 292 g/mol. The Bertz CT molecular complexity index is 285. The van der Waals surface area contributed by atoms with E-state index < -0.39 is 37.4 Å². The molecular formula is C12H20O8. The molecule has 0 rings (SSSR count). The number of carbonyl (C=O) groups excluding carboxylic acids is 2. The van der Waals surface area contributed by atoms with Crippen molar-refractivity contribution in [3.8, 4) is 0 Å². The Balaban J connectivity index is 3.75. The minimum absolute atomic E-state index is 0.0807. The van der Waals surface area contributed by atoms with E-state index in [-0.39, 0.29) is 26.1 Å². The smallest absolute Gasteiger partial charge is 0.331 e. The van der Waals surface area contributed by atoms with E-state index in [2.05, 4.69) is 9.47 Å². The second-order valence-electron chi connectivity index (χ2n) is 3.92. The van der Waals surface area contributed by atoms with Crippen LogP contribution in [0.15, 0.2) is 12.2 Å². The van der Waals surface area contributed by atoms with Crippen molar-refractivity contribution in [1.82, 2.24) is 0 Å². The van der Waals surface area contributed by atoms with Gasteiger partial charge in [0.25, 0.3) is 0 Å². The minimum atomic E-state index is -0.949. The van der Waals surface area contributed by atoms with Crippen LogP contribution in [0.4, 0.5) is 0 Å². The number of carbonyl (C=O) groups is 2. The number of aliphatic hydroxyl groups is 4. The Hall–Kier alpha value is -1.48. The van der Waals surface area contributed by atoms with Crippen molar-refractivity contribution in [3.63, 3.8) is 0 Å². The van der Waals surface area contributed by atoms with Gasteiger partial charge in [0, 0.05) is 25.0 Å². The molecule has 8 nitrogen and oxygen atoms in total. The molecule has 0 unspecified atom stereocenters. The lowest BCUT2D eigenvalue weighted by molar-refractivity contribution is -0.141. The van der Waals surface area contributed by atoms with Crippen LogP contribution < -0.4 is 0 Å². The summed E-state index contributed by atoms with van der Waals surface area (Å²) in [5, 5.41) is 35.0. The highest BCUT2D eigenvalue weighted by molar-refractivity contribution is 5.91. The van der Waals surface area contributed by atoms with Crippen LogP contribution in [0.5, 0.6) is 0 Å². The lowest BCUT2D eigenvalue weighted by atomic mass is 10.3. The van der Waals surface area contributed by atoms with Crippen LogP contribution in [-0.2, 0) is 19.1 Å². The highest BCUT2D eigenvalue weighted by Crippen LogP contribution is 1.94. The Kier molecular flexibility index (Phi) is 10.5. The largest absolute Gasteiger partial charge is 0.462 e. The second kappa shape index (κ2) is 11.4. The third-order valence-electron chi connectivity index (χ3n) is 2.17. The van der Waals surface area contributed by atoms with Gasteiger partial charge in [-0.05, 0) is 0 Å². The van der Waals surface area contributed by atoms with Crippen LogP contribution in [0, 0.1) is 0 Å². The van der Waals surface area contributed by atoms with Crippen molar-refractivity contribution in [3.05, 3.63) is 12.2 Å². The Morgan fingerprint density at radius 2 is 1.20 bits per heavy atom. The van der Waals surface area contributed by atoms with E-state index >= 15 is 0 Å². The predicted octanol–water partition coefficient (Wildman–Crippen LogP) is -1.88. The topological polar surface area (TPSA) is 134 Å². The van der Waals surface area contributed by atoms with Crippen LogP contribution >= 0.6 is 0 Å². The van der Waals surface area contributed by atoms with Gasteiger partial charge in [0.2, 0.25) is 0 Å². The molecule has 0 saturated carbocycles. The van der Waals surface area contributed by atoms with E-state index in [0.717, 1.165) is 12.2 Å². The van der Waals surface area contributed by atoms with E-state index in [4.69, 9.17) is 20.4 Å². The molecule has 20 heavy (non-hydrogen) atoms. The van der Waals surface area contributed by atoms with Crippen molar-refractivity contribution in [2.75, 3.05) is 26.4 Å². The Labute approximate surface area is 116 Å². The Morgan fingerprint density at radius 3 is 1.50 bits per heavy atom. The predicted molar refractivity (Wildman–Crippen MR) is 66.5 cm³/mol. The zero-order valence-corrected chi connectivity index (χ0v) is 11.0. The van der Waals surface area contributed by atoms with E-state index in [1.807, 2.05) is 0 Å². The number of hydrogen-bond donors (Lipinski definition) is 4. The molecule has 0 heterocycles. The van der Waals surface area contributed by atoms with Crippen LogP contribution in [0.25, 0.3) is 0 Å². The fourth-order valence-corrected chi connectivity index (χ4v) is 1.01. The maximum absolute atomic E-state index is 11.1. The summed E-state index contributed by atoms with van der Waals surface area (Å²) in [6.07, 6.45) is 0.0372. The summed E-state index contributed by atoms with van der Waals surface area (Å²) in [5.74, 6) is -1.55. The van der Waals surface area contributed by atoms with Gasteiger partial charge in [-0.3, -0.25) is 0 Å². The molecule has 0 bridgehead atoms. The van der Waals surface area contributed by atoms with Gasteiger partial charge in [0.1, 0.15) is 0 Å². The van der Waals surface area contributed by atoms with E-state index in [1.54, 1.807) is 0 Å². The lowest BCUT2D eigenvalue weighted by Gasteiger charge is -2.07. The van der Waals surface area contributed by atoms with Gasteiger partial charge >= 0.3 is 11.9 Å². The summed E-state index contributed by atoms with van der Waals surface area (Å²) in [4.78, 5) is 22.2. The molecule has 0 aliphatic heterocycles. The minimum Gasteiger partial charge on any atom is -0.462 e. The first-order valence-electron chi connectivity index (χ1n) is 6.09. The van der Waals surface area contributed by atoms with Crippen molar-refractivity contribution in [2.24, 2.45) is 0 Å². The van der Waals surface area contributed by atoms with Gasteiger partial charge in [-0.25, -0.2) is 9.59 Å². The van der Waals surface area contributed by atoms with Crippen LogP contribution in [0.1, 0.15) is 12.8 Å².